The Morgan fingerprint density at radius 3 is 2.65 bits per heavy atom. The van der Waals surface area contributed by atoms with Crippen molar-refractivity contribution in [3.05, 3.63) is 42.0 Å². The quantitative estimate of drug-likeness (QED) is 0.758. The summed E-state index contributed by atoms with van der Waals surface area (Å²) >= 11 is 0. The van der Waals surface area contributed by atoms with Gasteiger partial charge in [-0.3, -0.25) is 4.79 Å². The number of hydrogen-bond donors (Lipinski definition) is 1. The summed E-state index contributed by atoms with van der Waals surface area (Å²) in [6, 6.07) is 10.2. The normalized spacial score (nSPS) is 10.7. The zero-order chi connectivity index (χ0) is 12.5. The fraction of sp³-hybridized carbons (Fsp3) is 0.357. The van der Waals surface area contributed by atoms with Gasteiger partial charge in [0.25, 0.3) is 0 Å². The van der Waals surface area contributed by atoms with Gasteiger partial charge < -0.3 is 10.2 Å². The first kappa shape index (κ1) is 13.5. The Bertz CT molecular complexity index is 358. The van der Waals surface area contributed by atoms with E-state index in [-0.39, 0.29) is 5.91 Å². The molecule has 3 heteroatoms. The van der Waals surface area contributed by atoms with Crippen LogP contribution < -0.4 is 5.32 Å². The Hall–Kier alpha value is -1.61. The number of rotatable bonds is 6. The highest BCUT2D eigenvalue weighted by molar-refractivity contribution is 5.75. The van der Waals surface area contributed by atoms with Crippen LogP contribution >= 0.6 is 0 Å². The van der Waals surface area contributed by atoms with Crippen LogP contribution in [0.3, 0.4) is 0 Å². The lowest BCUT2D eigenvalue weighted by molar-refractivity contribution is -0.128. The third-order valence-electron chi connectivity index (χ3n) is 2.39. The van der Waals surface area contributed by atoms with Crippen molar-refractivity contribution in [2.45, 2.75) is 6.42 Å². The molecule has 0 aliphatic heterocycles. The molecular formula is C14H20N2O. The summed E-state index contributed by atoms with van der Waals surface area (Å²) in [6.07, 6.45) is 4.68. The van der Waals surface area contributed by atoms with E-state index in [0.717, 1.165) is 13.1 Å². The smallest absolute Gasteiger partial charge is 0.223 e. The van der Waals surface area contributed by atoms with Gasteiger partial charge in [-0.1, -0.05) is 42.5 Å². The van der Waals surface area contributed by atoms with Crippen LogP contribution in [0.2, 0.25) is 0 Å². The monoisotopic (exact) mass is 232 g/mol. The lowest BCUT2D eigenvalue weighted by Crippen LogP contribution is -2.26. The van der Waals surface area contributed by atoms with Crippen molar-refractivity contribution >= 4 is 12.0 Å². The molecule has 1 N–H and O–H groups in total. The van der Waals surface area contributed by atoms with Crippen molar-refractivity contribution in [2.75, 3.05) is 27.2 Å². The molecule has 0 heterocycles. The minimum atomic E-state index is 0.157. The summed E-state index contributed by atoms with van der Waals surface area (Å²) in [5.41, 5.74) is 1.19. The second kappa shape index (κ2) is 7.63. The van der Waals surface area contributed by atoms with Gasteiger partial charge in [0, 0.05) is 33.6 Å². The molecule has 0 radical (unpaired) electrons. The molecule has 0 unspecified atom stereocenters. The Labute approximate surface area is 103 Å². The van der Waals surface area contributed by atoms with Crippen molar-refractivity contribution in [2.24, 2.45) is 0 Å². The van der Waals surface area contributed by atoms with Gasteiger partial charge in [0.2, 0.25) is 5.91 Å². The molecule has 92 valence electrons. The first-order valence-electron chi connectivity index (χ1n) is 5.82. The summed E-state index contributed by atoms with van der Waals surface area (Å²) in [5, 5.41) is 3.21. The van der Waals surface area contributed by atoms with Crippen LogP contribution in [0.1, 0.15) is 12.0 Å². The van der Waals surface area contributed by atoms with Crippen molar-refractivity contribution < 1.29 is 4.79 Å². The molecule has 1 aromatic rings. The molecule has 3 nitrogen and oxygen atoms in total. The number of nitrogens with zero attached hydrogens (tertiary/aromatic N) is 1. The van der Waals surface area contributed by atoms with Gasteiger partial charge in [0.05, 0.1) is 0 Å². The summed E-state index contributed by atoms with van der Waals surface area (Å²) in [5.74, 6) is 0.157. The molecule has 1 amide bonds. The largest absolute Gasteiger partial charge is 0.349 e. The van der Waals surface area contributed by atoms with Crippen LogP contribution in [-0.4, -0.2) is 38.0 Å². The number of carbonyl (C=O) groups excluding carboxylic acids is 1. The molecule has 0 aliphatic rings. The second-order valence-corrected chi connectivity index (χ2v) is 4.06. The van der Waals surface area contributed by atoms with E-state index in [1.54, 1.807) is 19.0 Å². The number of benzene rings is 1. The molecule has 0 spiro atoms. The highest BCUT2D eigenvalue weighted by atomic mass is 16.2. The standard InChI is InChI=1S/C14H20N2O/c1-16(2)14(17)10-12-15-11-6-9-13-7-4-3-5-8-13/h3-9,15H,10-12H2,1-2H3. The van der Waals surface area contributed by atoms with Gasteiger partial charge in [-0.2, -0.15) is 0 Å². The van der Waals surface area contributed by atoms with Gasteiger partial charge in [-0.05, 0) is 5.56 Å². The molecule has 0 bridgehead atoms. The van der Waals surface area contributed by atoms with Gasteiger partial charge in [-0.15, -0.1) is 0 Å². The molecular weight excluding hydrogens is 212 g/mol. The van der Waals surface area contributed by atoms with Gasteiger partial charge in [0.15, 0.2) is 0 Å². The van der Waals surface area contributed by atoms with Crippen LogP contribution in [0, 0.1) is 0 Å². The highest BCUT2D eigenvalue weighted by Crippen LogP contribution is 1.99. The Kier molecular flexibility index (Phi) is 6.04. The Balaban J connectivity index is 2.13. The van der Waals surface area contributed by atoms with Crippen LogP contribution in [0.15, 0.2) is 36.4 Å². The Morgan fingerprint density at radius 2 is 2.00 bits per heavy atom. The summed E-state index contributed by atoms with van der Waals surface area (Å²) < 4.78 is 0. The van der Waals surface area contributed by atoms with E-state index in [1.165, 1.54) is 5.56 Å². The van der Waals surface area contributed by atoms with E-state index in [4.69, 9.17) is 0 Å². The maximum Gasteiger partial charge on any atom is 0.223 e. The number of carbonyl (C=O) groups is 1. The molecule has 0 atom stereocenters. The number of hydrogen-bond acceptors (Lipinski definition) is 2. The average molecular weight is 232 g/mol. The third-order valence-corrected chi connectivity index (χ3v) is 2.39. The minimum Gasteiger partial charge on any atom is -0.349 e. The zero-order valence-electron chi connectivity index (χ0n) is 10.5. The second-order valence-electron chi connectivity index (χ2n) is 4.06. The van der Waals surface area contributed by atoms with Gasteiger partial charge in [-0.25, -0.2) is 0 Å². The van der Waals surface area contributed by atoms with Crippen LogP contribution in [0.25, 0.3) is 6.08 Å². The molecule has 0 saturated heterocycles. The van der Waals surface area contributed by atoms with E-state index < -0.39 is 0 Å². The van der Waals surface area contributed by atoms with Crippen LogP contribution in [0.4, 0.5) is 0 Å². The number of amides is 1. The minimum absolute atomic E-state index is 0.157. The maximum atomic E-state index is 11.3. The van der Waals surface area contributed by atoms with Crippen molar-refractivity contribution in [1.82, 2.24) is 10.2 Å². The predicted octanol–water partition coefficient (Wildman–Crippen LogP) is 1.77. The lowest BCUT2D eigenvalue weighted by atomic mass is 10.2. The fourth-order valence-corrected chi connectivity index (χ4v) is 1.36. The molecule has 1 aromatic carbocycles. The molecule has 1 rings (SSSR count). The SMILES string of the molecule is CN(C)C(=O)CCNCC=Cc1ccccc1. The first-order valence-corrected chi connectivity index (χ1v) is 5.82. The predicted molar refractivity (Wildman–Crippen MR) is 71.7 cm³/mol. The van der Waals surface area contributed by atoms with Crippen molar-refractivity contribution in [3.63, 3.8) is 0 Å². The molecule has 0 saturated carbocycles. The topological polar surface area (TPSA) is 32.3 Å². The van der Waals surface area contributed by atoms with E-state index >= 15 is 0 Å². The van der Waals surface area contributed by atoms with E-state index in [0.29, 0.717) is 6.42 Å². The van der Waals surface area contributed by atoms with Crippen LogP contribution in [0.5, 0.6) is 0 Å². The fourth-order valence-electron chi connectivity index (χ4n) is 1.36. The average Bonchev–Trinajstić information content (AvgIpc) is 2.34. The van der Waals surface area contributed by atoms with Crippen molar-refractivity contribution in [3.8, 4) is 0 Å². The Morgan fingerprint density at radius 1 is 1.29 bits per heavy atom. The number of nitrogens with one attached hydrogen (secondary N) is 1. The summed E-state index contributed by atoms with van der Waals surface area (Å²) in [6.45, 7) is 1.51. The zero-order valence-corrected chi connectivity index (χ0v) is 10.5. The molecule has 0 aliphatic carbocycles. The van der Waals surface area contributed by atoms with E-state index in [2.05, 4.69) is 29.6 Å². The van der Waals surface area contributed by atoms with E-state index in [9.17, 15) is 4.79 Å². The molecule has 0 aromatic heterocycles. The lowest BCUT2D eigenvalue weighted by Gasteiger charge is -2.09. The highest BCUT2D eigenvalue weighted by Gasteiger charge is 2.01. The third kappa shape index (κ3) is 5.88. The van der Waals surface area contributed by atoms with E-state index in [1.807, 2.05) is 18.2 Å². The van der Waals surface area contributed by atoms with Crippen molar-refractivity contribution in [1.29, 1.82) is 0 Å². The van der Waals surface area contributed by atoms with Crippen LogP contribution in [-0.2, 0) is 4.79 Å². The van der Waals surface area contributed by atoms with Gasteiger partial charge in [0.1, 0.15) is 0 Å². The summed E-state index contributed by atoms with van der Waals surface area (Å²) in [4.78, 5) is 12.9. The van der Waals surface area contributed by atoms with Gasteiger partial charge >= 0.3 is 0 Å². The molecule has 0 fully saturated rings. The first-order chi connectivity index (χ1) is 8.20. The maximum absolute atomic E-state index is 11.3. The summed E-state index contributed by atoms with van der Waals surface area (Å²) in [7, 11) is 3.55. The molecule has 17 heavy (non-hydrogen) atoms.